The van der Waals surface area contributed by atoms with Gasteiger partial charge in [-0.15, -0.1) is 10.2 Å². The van der Waals surface area contributed by atoms with Crippen LogP contribution in [-0.4, -0.2) is 184 Å². The van der Waals surface area contributed by atoms with Crippen LogP contribution in [0, 0.1) is 11.8 Å². The molecule has 6 N–H and O–H groups in total. The number of benzene rings is 5. The molecule has 12 atom stereocenters. The first kappa shape index (κ1) is 84.6. The molecule has 4 aliphatic heterocycles. The molecule has 5 aromatic carbocycles. The predicted octanol–water partition coefficient (Wildman–Crippen LogP) is 10.7. The number of aryl methyl sites for hydroxylation is 4. The monoisotopic (exact) mass is 1560 g/mol. The number of carbonyl (C=O) groups excluding carboxylic acids is 8. The topological polar surface area (TPSA) is 302 Å². The summed E-state index contributed by atoms with van der Waals surface area (Å²) in [5.41, 5.74) is 5.86. The zero-order chi connectivity index (χ0) is 81.1. The molecule has 0 bridgehead atoms. The smallest absolute Gasteiger partial charge is 0.410 e. The molecule has 0 aliphatic carbocycles. The number of amides is 8. The highest BCUT2D eigenvalue weighted by Gasteiger charge is 2.51. The highest BCUT2D eigenvalue weighted by atomic mass is 16.6. The Bertz CT molecular complexity index is 4030. The SMILES string of the molecule is CC[C@@H](C(=O)N[C@@H]1C(=O)N2[C@@H](CC[C@@H]1CNCc1ccccc1)CC[C@H]2C(=O)N[C@@H](c1ccccc1)c1cn(CCCCc2ccc(CCCCn3cc([C@@H](NC(=O)[C@@H]4CC[C@@H]5CC[C@H](CNCc6ccccc6)[C@H](NC(=O)[C@H](CC)N(C)C(=O)OC(C)(C)C)C(=O)N54)c4ccccc4)nn3)cc2)nn1)N(C)C(=O)OC(C)(C)C. The zero-order valence-electron chi connectivity index (χ0n) is 68.1. The van der Waals surface area contributed by atoms with Gasteiger partial charge in [0.1, 0.15) is 58.8 Å². The number of hydrogen-bond donors (Lipinski definition) is 6. The number of nitrogens with zero attached hydrogens (tertiary/aromatic N) is 10. The Morgan fingerprint density at radius 2 is 0.816 bits per heavy atom. The molecular formula is C88H118N16O10. The number of unbranched alkanes of at least 4 members (excludes halogenated alkanes) is 2. The third-order valence-corrected chi connectivity index (χ3v) is 22.5. The molecule has 11 rings (SSSR count). The lowest BCUT2D eigenvalue weighted by atomic mass is 9.92. The van der Waals surface area contributed by atoms with Crippen LogP contribution < -0.4 is 31.9 Å². The predicted molar refractivity (Wildman–Crippen MR) is 434 cm³/mol. The van der Waals surface area contributed by atoms with Crippen LogP contribution in [-0.2, 0) is 77.3 Å². The fourth-order valence-corrected chi connectivity index (χ4v) is 16.5. The Labute approximate surface area is 671 Å². The van der Waals surface area contributed by atoms with Gasteiger partial charge in [0.25, 0.3) is 0 Å². The van der Waals surface area contributed by atoms with E-state index in [9.17, 15) is 28.8 Å². The molecule has 0 radical (unpaired) electrons. The maximum absolute atomic E-state index is 15.2. The van der Waals surface area contributed by atoms with E-state index in [1.165, 1.54) is 35.0 Å². The second-order valence-electron chi connectivity index (χ2n) is 33.1. The van der Waals surface area contributed by atoms with Crippen molar-refractivity contribution in [2.75, 3.05) is 27.2 Å². The lowest BCUT2D eigenvalue weighted by Gasteiger charge is -2.34. The number of likely N-dealkylation sites (N-methyl/N-ethyl adjacent to an activating group) is 2. The molecule has 26 nitrogen and oxygen atoms in total. The molecule has 4 saturated heterocycles. The van der Waals surface area contributed by atoms with Gasteiger partial charge >= 0.3 is 12.2 Å². The van der Waals surface area contributed by atoms with Crippen LogP contribution in [0.3, 0.4) is 0 Å². The van der Waals surface area contributed by atoms with Crippen molar-refractivity contribution in [2.24, 2.45) is 11.8 Å². The van der Waals surface area contributed by atoms with Crippen molar-refractivity contribution in [1.29, 1.82) is 0 Å². The Morgan fingerprint density at radius 1 is 0.465 bits per heavy atom. The molecule has 7 aromatic rings. The van der Waals surface area contributed by atoms with Gasteiger partial charge in [-0.1, -0.05) is 170 Å². The first-order chi connectivity index (χ1) is 54.8. The zero-order valence-corrected chi connectivity index (χ0v) is 68.1. The summed E-state index contributed by atoms with van der Waals surface area (Å²) >= 11 is 0. The highest BCUT2D eigenvalue weighted by Crippen LogP contribution is 2.38. The molecule has 2 aromatic heterocycles. The third kappa shape index (κ3) is 22.6. The average molecular weight is 1560 g/mol. The van der Waals surface area contributed by atoms with Crippen molar-refractivity contribution < 1.29 is 47.8 Å². The van der Waals surface area contributed by atoms with E-state index in [-0.39, 0.29) is 60.4 Å². The van der Waals surface area contributed by atoms with Gasteiger partial charge in [-0.3, -0.25) is 47.9 Å². The first-order valence-corrected chi connectivity index (χ1v) is 41.1. The molecule has 8 amide bonds. The summed E-state index contributed by atoms with van der Waals surface area (Å²) in [6.45, 7) is 17.5. The maximum Gasteiger partial charge on any atom is 0.410 e. The van der Waals surface area contributed by atoms with Gasteiger partial charge in [0, 0.05) is 77.3 Å². The number of nitrogens with one attached hydrogen (secondary N) is 6. The van der Waals surface area contributed by atoms with Crippen molar-refractivity contribution in [1.82, 2.24) is 81.5 Å². The normalized spacial score (nSPS) is 20.7. The Kier molecular flexibility index (Phi) is 29.4. The molecular weight excluding hydrogens is 1440 g/mol. The number of rotatable bonds is 34. The van der Waals surface area contributed by atoms with Crippen molar-refractivity contribution in [3.63, 3.8) is 0 Å². The summed E-state index contributed by atoms with van der Waals surface area (Å²) in [6, 6.07) is 40.9. The Balaban J connectivity index is 0.666. The fourth-order valence-electron chi connectivity index (χ4n) is 16.5. The highest BCUT2D eigenvalue weighted by molar-refractivity contribution is 5.96. The van der Waals surface area contributed by atoms with E-state index in [2.05, 4.69) is 76.8 Å². The van der Waals surface area contributed by atoms with E-state index >= 15 is 9.59 Å². The maximum atomic E-state index is 15.2. The van der Waals surface area contributed by atoms with Crippen molar-refractivity contribution in [3.05, 3.63) is 203 Å². The van der Waals surface area contributed by atoms with E-state index in [0.29, 0.717) is 102 Å². The Hall–Kier alpha value is -10.3. The van der Waals surface area contributed by atoms with E-state index in [1.54, 1.807) is 51.3 Å². The van der Waals surface area contributed by atoms with E-state index in [0.717, 1.165) is 60.8 Å². The average Bonchev–Trinajstić information content (AvgIpc) is 1.63. The minimum absolute atomic E-state index is 0.213. The molecule has 4 fully saturated rings. The van der Waals surface area contributed by atoms with Crippen molar-refractivity contribution in [3.8, 4) is 0 Å². The van der Waals surface area contributed by atoms with Crippen LogP contribution in [0.2, 0.25) is 0 Å². The second-order valence-corrected chi connectivity index (χ2v) is 33.1. The van der Waals surface area contributed by atoms with Gasteiger partial charge in [-0.2, -0.15) is 0 Å². The minimum atomic E-state index is -0.972. The third-order valence-electron chi connectivity index (χ3n) is 22.5. The number of ether oxygens (including phenoxy) is 2. The van der Waals surface area contributed by atoms with Gasteiger partial charge in [0.2, 0.25) is 35.4 Å². The minimum Gasteiger partial charge on any atom is -0.444 e. The van der Waals surface area contributed by atoms with Gasteiger partial charge < -0.3 is 51.2 Å². The number of carbonyl (C=O) groups is 8. The van der Waals surface area contributed by atoms with Gasteiger partial charge in [-0.05, 0) is 178 Å². The fraction of sp³-hybridized carbons (Fsp3) is 0.523. The van der Waals surface area contributed by atoms with Crippen LogP contribution >= 0.6 is 0 Å². The van der Waals surface area contributed by atoms with Crippen LogP contribution in [0.4, 0.5) is 9.59 Å². The van der Waals surface area contributed by atoms with Crippen LogP contribution in [0.15, 0.2) is 158 Å². The number of aromatic nitrogens is 6. The summed E-state index contributed by atoms with van der Waals surface area (Å²) in [7, 11) is 3.07. The summed E-state index contributed by atoms with van der Waals surface area (Å²) < 4.78 is 14.9. The molecule has 0 spiro atoms. The summed E-state index contributed by atoms with van der Waals surface area (Å²) in [5.74, 6) is -2.81. The van der Waals surface area contributed by atoms with Crippen LogP contribution in [0.1, 0.15) is 202 Å². The standard InChI is InChI=1S/C88H118N16O10/c1-11-71(99(9)85(111)113-87(3,4)5)79(105)93-77-65(55-89-53-61-31-17-13-18-32-61)43-45-67-47-49-73(103(67)83(77)109)81(107)91-75(63-35-21-15-22-36-63)69-57-101(97-95-69)51-27-25-29-59-39-41-60(42-40-59)30-26-28-52-102-58-70(96-98-102)76(64-37-23-16-24-38-64)92-82(108)74-50-48-68-46-44-66(56-90-54-62-33-19-14-20-34-62)78(84(110)104(68)74)94-80(106)72(12-2)100(10)86(112)114-88(6,7)8/h13-24,31-42,57-58,65-68,71-78,89-90H,11-12,25-30,43-56H2,1-10H3,(H,91,107)(H,92,108)(H,93,105)(H,94,106)/t65-,66-,67+,68+,71+,72+,73+,74+,75+,76+,77+,78+/m1/s1. The quantitative estimate of drug-likeness (QED) is 0.0204. The molecule has 6 heterocycles. The first-order valence-electron chi connectivity index (χ1n) is 41.1. The van der Waals surface area contributed by atoms with Gasteiger partial charge in [0.15, 0.2) is 0 Å². The van der Waals surface area contributed by atoms with E-state index in [1.807, 2.05) is 157 Å². The second kappa shape index (κ2) is 39.6. The van der Waals surface area contributed by atoms with Gasteiger partial charge in [0.05, 0.1) is 24.5 Å². The number of fused-ring (bicyclic) bond motifs is 2. The van der Waals surface area contributed by atoms with Crippen molar-refractivity contribution >= 4 is 47.6 Å². The van der Waals surface area contributed by atoms with Crippen LogP contribution in [0.5, 0.6) is 0 Å². The molecule has 4 aliphatic rings. The van der Waals surface area contributed by atoms with E-state index < -0.39 is 83.5 Å². The molecule has 610 valence electrons. The summed E-state index contributed by atoms with van der Waals surface area (Å²) in [6.07, 6.45) is 13.0. The lowest BCUT2D eigenvalue weighted by molar-refractivity contribution is -0.144. The van der Waals surface area contributed by atoms with Gasteiger partial charge in [-0.25, -0.2) is 9.59 Å². The molecule has 0 unspecified atom stereocenters. The molecule has 114 heavy (non-hydrogen) atoms. The van der Waals surface area contributed by atoms with Crippen LogP contribution in [0.25, 0.3) is 0 Å². The van der Waals surface area contributed by atoms with E-state index in [4.69, 9.17) is 9.47 Å². The molecule has 0 saturated carbocycles. The largest absolute Gasteiger partial charge is 0.444 e. The lowest BCUT2D eigenvalue weighted by Crippen LogP contribution is -2.59. The molecule has 26 heteroatoms. The summed E-state index contributed by atoms with van der Waals surface area (Å²) in [4.78, 5) is 122. The van der Waals surface area contributed by atoms with Crippen molar-refractivity contribution in [2.45, 2.75) is 256 Å². The number of hydrogen-bond acceptors (Lipinski definition) is 16. The summed E-state index contributed by atoms with van der Waals surface area (Å²) in [5, 5.41) is 38.2. The Morgan fingerprint density at radius 3 is 1.17 bits per heavy atom.